The van der Waals surface area contributed by atoms with Crippen LogP contribution in [0.1, 0.15) is 38.9 Å². The zero-order chi connectivity index (χ0) is 63.4. The lowest BCUT2D eigenvalue weighted by molar-refractivity contribution is 0.256. The van der Waals surface area contributed by atoms with Crippen molar-refractivity contribution in [1.29, 1.82) is 0 Å². The number of benzene rings is 10. The second kappa shape index (κ2) is 25.8. The van der Waals surface area contributed by atoms with E-state index in [0.29, 0.717) is 113 Å². The number of hydrogen-bond acceptors (Lipinski definition) is 12. The number of H-pyrrole nitrogens is 2. The van der Waals surface area contributed by atoms with Crippen LogP contribution >= 0.6 is 0 Å². The highest BCUT2D eigenvalue weighted by atomic mass is 28.3. The van der Waals surface area contributed by atoms with Crippen molar-refractivity contribution in [3.8, 4) is 91.5 Å². The lowest BCUT2D eigenvalue weighted by Gasteiger charge is -2.15. The minimum atomic E-state index is -1.79. The van der Waals surface area contributed by atoms with Gasteiger partial charge >= 0.3 is 0 Å². The van der Waals surface area contributed by atoms with Crippen molar-refractivity contribution in [3.05, 3.63) is 276 Å². The number of hydrogen-bond donors (Lipinski definition) is 2. The van der Waals surface area contributed by atoms with E-state index in [-0.39, 0.29) is 39.6 Å². The number of ether oxygens (including phenoxy) is 6. The number of aromatic nitrogens is 8. The number of nitrogens with zero attached hydrogens (tertiary/aromatic N) is 6. The maximum Gasteiger partial charge on any atom is 0.164 e. The van der Waals surface area contributed by atoms with Gasteiger partial charge in [0.25, 0.3) is 0 Å². The Bertz CT molecular complexity index is 5200. The summed E-state index contributed by atoms with van der Waals surface area (Å²) in [4.78, 5) is 40.0. The first-order valence-corrected chi connectivity index (χ1v) is 34.7. The topological polar surface area (TPSA) is 164 Å². The van der Waals surface area contributed by atoms with Crippen LogP contribution in [0.3, 0.4) is 0 Å². The molecule has 13 aromatic rings. The Labute approximate surface area is 543 Å². The molecule has 3 aromatic heterocycles. The molecular formula is C79H62N8O6Si. The van der Waals surface area contributed by atoms with Gasteiger partial charge in [-0.05, 0) is 88.0 Å². The van der Waals surface area contributed by atoms with Crippen molar-refractivity contribution in [2.24, 2.45) is 0 Å². The van der Waals surface area contributed by atoms with E-state index in [2.05, 4.69) is 47.1 Å². The van der Waals surface area contributed by atoms with Crippen LogP contribution < -0.4 is 28.4 Å². The molecule has 94 heavy (non-hydrogen) atoms. The SMILES string of the molecule is C[Si](C)(C)C#Cc1ccc2c(c1)-c1nc-2nc2[nH]c(nc3nc(nc4[nH]c(n1)c1cc(OCc5ccccc5)c(OCc5ccccc5)cc41)-c1cc(OCc4ccccc4)c(OCc4ccccc4)cc1-3)c1cc(OCc3ccccc3)c(OCc3ccccc3)cc21. The summed E-state index contributed by atoms with van der Waals surface area (Å²) >= 11 is 0. The zero-order valence-corrected chi connectivity index (χ0v) is 52.9. The lowest BCUT2D eigenvalue weighted by atomic mass is 10.1. The van der Waals surface area contributed by atoms with Crippen LogP contribution in [-0.4, -0.2) is 47.9 Å². The molecule has 15 heteroatoms. The molecule has 2 aliphatic heterocycles. The fourth-order valence-electron chi connectivity index (χ4n) is 11.2. The van der Waals surface area contributed by atoms with Gasteiger partial charge in [-0.1, -0.05) is 208 Å². The standard InChI is InChI=1S/C79H62N8O6Si/c1-94(2,3)37-36-51-34-35-58-59(38-51)73-80-72(58)81-74-60-39-66(88-45-52-22-10-4-11-23-52)67(89-46-53-24-12-5-13-25-53)40-61(60)76(83-74)85-78-64-43-70(92-49-56-30-18-8-19-31-56)71(93-50-57-32-20-9-21-33-57)44-65(64)79(87-78)86-77-63-42-69(91-48-55-28-16-7-17-29-55)68(41-62(63)75(82-73)84-77)90-47-54-26-14-6-15-27-54/h4-35,38-44H,45-50H2,1-3H3,(H2,80,81,82,83,84,85,86,87). The van der Waals surface area contributed by atoms with Gasteiger partial charge in [0.15, 0.2) is 57.8 Å². The quantitative estimate of drug-likeness (QED) is 0.0618. The molecule has 0 radical (unpaired) electrons. The molecule has 14 nitrogen and oxygen atoms in total. The predicted molar refractivity (Wildman–Crippen MR) is 371 cm³/mol. The molecule has 15 rings (SSSR count). The van der Waals surface area contributed by atoms with E-state index in [1.54, 1.807) is 0 Å². The smallest absolute Gasteiger partial charge is 0.164 e. The Morgan fingerprint density at radius 3 is 0.819 bits per heavy atom. The van der Waals surface area contributed by atoms with Gasteiger partial charge in [-0.15, -0.1) is 5.54 Å². The molecule has 0 saturated heterocycles. The van der Waals surface area contributed by atoms with Gasteiger partial charge in [-0.2, -0.15) is 0 Å². The molecule has 2 aliphatic rings. The molecule has 10 aromatic carbocycles. The molecule has 0 unspecified atom stereocenters. The van der Waals surface area contributed by atoms with Crippen LogP contribution in [0.5, 0.6) is 34.5 Å². The van der Waals surface area contributed by atoms with Gasteiger partial charge in [0.05, 0.1) is 0 Å². The largest absolute Gasteiger partial charge is 0.485 e. The average Bonchev–Trinajstić information content (AvgIpc) is 1.60. The Kier molecular flexibility index (Phi) is 16.1. The Morgan fingerprint density at radius 1 is 0.287 bits per heavy atom. The molecule has 458 valence electrons. The minimum Gasteiger partial charge on any atom is -0.485 e. The third-order valence-corrected chi connectivity index (χ3v) is 16.9. The molecule has 2 N–H and O–H groups in total. The van der Waals surface area contributed by atoms with Crippen molar-refractivity contribution in [2.75, 3.05) is 0 Å². The van der Waals surface area contributed by atoms with Crippen LogP contribution in [-0.2, 0) is 39.6 Å². The van der Waals surface area contributed by atoms with Gasteiger partial charge in [0.2, 0.25) is 0 Å². The van der Waals surface area contributed by atoms with Crippen molar-refractivity contribution in [2.45, 2.75) is 59.3 Å². The first-order valence-electron chi connectivity index (χ1n) is 31.2. The Hall–Kier alpha value is -11.9. The molecule has 8 bridgehead atoms. The molecule has 0 aliphatic carbocycles. The van der Waals surface area contributed by atoms with E-state index >= 15 is 0 Å². The van der Waals surface area contributed by atoms with Crippen LogP contribution in [0.15, 0.2) is 237 Å². The van der Waals surface area contributed by atoms with Crippen LogP contribution in [0.2, 0.25) is 19.6 Å². The summed E-state index contributed by atoms with van der Waals surface area (Å²) in [5.41, 5.74) is 14.9. The molecule has 0 atom stereocenters. The summed E-state index contributed by atoms with van der Waals surface area (Å²) in [6.07, 6.45) is 0. The third-order valence-electron chi connectivity index (χ3n) is 16.0. The number of aromatic amines is 2. The Morgan fingerprint density at radius 2 is 0.543 bits per heavy atom. The number of rotatable bonds is 18. The normalized spacial score (nSPS) is 11.5. The average molecular weight is 1250 g/mol. The highest BCUT2D eigenvalue weighted by Gasteiger charge is 2.27. The summed E-state index contributed by atoms with van der Waals surface area (Å²) in [5.74, 6) is 8.03. The van der Waals surface area contributed by atoms with Gasteiger partial charge in [-0.3, -0.25) is 0 Å². The van der Waals surface area contributed by atoms with E-state index in [9.17, 15) is 0 Å². The van der Waals surface area contributed by atoms with Crippen LogP contribution in [0, 0.1) is 11.5 Å². The summed E-state index contributed by atoms with van der Waals surface area (Å²) in [7, 11) is -1.79. The third kappa shape index (κ3) is 12.9. The van der Waals surface area contributed by atoms with Gasteiger partial charge in [0, 0.05) is 49.4 Å². The van der Waals surface area contributed by atoms with E-state index in [0.717, 1.165) is 50.1 Å². The van der Waals surface area contributed by atoms with Crippen molar-refractivity contribution < 1.29 is 28.4 Å². The first kappa shape index (κ1) is 58.5. The van der Waals surface area contributed by atoms with Gasteiger partial charge in [-0.25, -0.2) is 29.9 Å². The fourth-order valence-corrected chi connectivity index (χ4v) is 11.8. The highest BCUT2D eigenvalue weighted by Crippen LogP contribution is 2.45. The van der Waals surface area contributed by atoms with E-state index < -0.39 is 8.07 Å². The van der Waals surface area contributed by atoms with Crippen LogP contribution in [0.4, 0.5) is 0 Å². The second-order valence-electron chi connectivity index (χ2n) is 24.0. The minimum absolute atomic E-state index is 0.267. The molecule has 0 fully saturated rings. The highest BCUT2D eigenvalue weighted by molar-refractivity contribution is 6.83. The fraction of sp³-hybridized carbons (Fsp3) is 0.114. The maximum absolute atomic E-state index is 6.77. The molecule has 0 spiro atoms. The molecule has 5 heterocycles. The molecule has 0 amide bonds. The molecular weight excluding hydrogens is 1190 g/mol. The summed E-state index contributed by atoms with van der Waals surface area (Å²) in [6, 6.07) is 78.2. The zero-order valence-electron chi connectivity index (χ0n) is 51.9. The second-order valence-corrected chi connectivity index (χ2v) is 28.8. The van der Waals surface area contributed by atoms with E-state index in [4.69, 9.17) is 58.3 Å². The number of nitrogens with one attached hydrogen (secondary N) is 2. The Balaban J connectivity index is 1.01. The van der Waals surface area contributed by atoms with E-state index in [1.807, 2.05) is 231 Å². The van der Waals surface area contributed by atoms with Crippen molar-refractivity contribution in [3.63, 3.8) is 0 Å². The van der Waals surface area contributed by atoms with Crippen molar-refractivity contribution in [1.82, 2.24) is 39.9 Å². The van der Waals surface area contributed by atoms with Crippen LogP contribution in [0.25, 0.3) is 89.7 Å². The van der Waals surface area contributed by atoms with Gasteiger partial charge in [0.1, 0.15) is 70.3 Å². The maximum atomic E-state index is 6.77. The summed E-state index contributed by atoms with van der Waals surface area (Å²) < 4.78 is 40.5. The molecule has 0 saturated carbocycles. The van der Waals surface area contributed by atoms with Gasteiger partial charge < -0.3 is 38.4 Å². The lowest BCUT2D eigenvalue weighted by Crippen LogP contribution is -2.16. The van der Waals surface area contributed by atoms with E-state index in [1.165, 1.54) is 0 Å². The van der Waals surface area contributed by atoms with Crippen molar-refractivity contribution >= 4 is 52.2 Å². The summed E-state index contributed by atoms with van der Waals surface area (Å²) in [6.45, 7) is 8.35. The number of fused-ring (bicyclic) bond motifs is 20. The first-order chi connectivity index (χ1) is 46.1. The summed E-state index contributed by atoms with van der Waals surface area (Å²) in [5, 5.41) is 2.77. The monoisotopic (exact) mass is 1250 g/mol. The predicted octanol–water partition coefficient (Wildman–Crippen LogP) is 17.6.